The number of nitrogens with zero attached hydrogens (tertiary/aromatic N) is 2. The Balaban J connectivity index is 2.90. The van der Waals surface area contributed by atoms with Crippen molar-refractivity contribution in [3.05, 3.63) is 11.8 Å². The summed E-state index contributed by atoms with van der Waals surface area (Å²) in [6.45, 7) is 3.84. The lowest BCUT2D eigenvalue weighted by Crippen LogP contribution is -2.34. The van der Waals surface area contributed by atoms with Crippen LogP contribution >= 0.6 is 0 Å². The van der Waals surface area contributed by atoms with Crippen molar-refractivity contribution in [1.82, 2.24) is 9.97 Å². The third kappa shape index (κ3) is 2.87. The smallest absolute Gasteiger partial charge is 0.221 e. The number of nitrogen functional groups attached to an aromatic ring is 2. The van der Waals surface area contributed by atoms with Gasteiger partial charge in [-0.3, -0.25) is 0 Å². The monoisotopic (exact) mass is 181 g/mol. The predicted octanol–water partition coefficient (Wildman–Crippen LogP) is -0.0792. The van der Waals surface area contributed by atoms with E-state index in [1.807, 2.05) is 13.8 Å². The Labute approximate surface area is 77.4 Å². The van der Waals surface area contributed by atoms with E-state index in [1.54, 1.807) is 6.20 Å². The van der Waals surface area contributed by atoms with E-state index in [9.17, 15) is 0 Å². The van der Waals surface area contributed by atoms with Crippen molar-refractivity contribution in [1.29, 1.82) is 0 Å². The molecule has 0 amide bonds. The molecule has 0 saturated heterocycles. The summed E-state index contributed by atoms with van der Waals surface area (Å²) in [5, 5.41) is 0. The van der Waals surface area contributed by atoms with E-state index in [4.69, 9.17) is 17.2 Å². The minimum absolute atomic E-state index is 0.191. The third-order valence-corrected chi connectivity index (χ3v) is 1.56. The number of nitrogens with two attached hydrogens (primary N) is 3. The average molecular weight is 181 g/mol. The van der Waals surface area contributed by atoms with Crippen LogP contribution in [0, 0.1) is 0 Å². The Hall–Kier alpha value is -1.36. The van der Waals surface area contributed by atoms with Crippen molar-refractivity contribution in [2.75, 3.05) is 11.5 Å². The summed E-state index contributed by atoms with van der Waals surface area (Å²) in [7, 11) is 0. The van der Waals surface area contributed by atoms with Crippen LogP contribution in [0.3, 0.4) is 0 Å². The molecule has 0 fully saturated rings. The summed E-state index contributed by atoms with van der Waals surface area (Å²) >= 11 is 0. The third-order valence-electron chi connectivity index (χ3n) is 1.56. The summed E-state index contributed by atoms with van der Waals surface area (Å²) in [6, 6.07) is 0. The Kier molecular flexibility index (Phi) is 2.38. The fourth-order valence-corrected chi connectivity index (χ4v) is 1.06. The molecule has 1 heterocycles. The lowest BCUT2D eigenvalue weighted by molar-refractivity contribution is 0.516. The molecule has 1 aromatic rings. The highest BCUT2D eigenvalue weighted by molar-refractivity contribution is 5.42. The van der Waals surface area contributed by atoms with Crippen LogP contribution in [0.25, 0.3) is 0 Å². The molecular formula is C8H15N5. The molecule has 5 heteroatoms. The van der Waals surface area contributed by atoms with Crippen molar-refractivity contribution in [2.24, 2.45) is 5.73 Å². The summed E-state index contributed by atoms with van der Waals surface area (Å²) < 4.78 is 0. The molecule has 0 unspecified atom stereocenters. The molecule has 0 bridgehead atoms. The van der Waals surface area contributed by atoms with Gasteiger partial charge in [0.1, 0.15) is 5.82 Å². The van der Waals surface area contributed by atoms with E-state index in [-0.39, 0.29) is 11.5 Å². The quantitative estimate of drug-likeness (QED) is 0.592. The molecule has 1 rings (SSSR count). The van der Waals surface area contributed by atoms with Gasteiger partial charge in [0.15, 0.2) is 0 Å². The minimum atomic E-state index is -0.312. The summed E-state index contributed by atoms with van der Waals surface area (Å²) in [6.07, 6.45) is 2.26. The highest BCUT2D eigenvalue weighted by Crippen LogP contribution is 2.14. The second-order valence-electron chi connectivity index (χ2n) is 3.80. The fourth-order valence-electron chi connectivity index (χ4n) is 1.06. The van der Waals surface area contributed by atoms with Gasteiger partial charge < -0.3 is 17.2 Å². The van der Waals surface area contributed by atoms with Crippen LogP contribution in [0.1, 0.15) is 19.4 Å². The van der Waals surface area contributed by atoms with E-state index in [1.165, 1.54) is 0 Å². The molecule has 5 nitrogen and oxygen atoms in total. The molecule has 0 aromatic carbocycles. The first-order valence-electron chi connectivity index (χ1n) is 4.04. The largest absolute Gasteiger partial charge is 0.383 e. The first-order valence-corrected chi connectivity index (χ1v) is 4.04. The van der Waals surface area contributed by atoms with Crippen LogP contribution in [0.4, 0.5) is 11.8 Å². The van der Waals surface area contributed by atoms with Crippen LogP contribution < -0.4 is 17.2 Å². The van der Waals surface area contributed by atoms with Gasteiger partial charge in [-0.05, 0) is 20.3 Å². The van der Waals surface area contributed by atoms with Crippen molar-refractivity contribution < 1.29 is 0 Å². The molecule has 0 saturated carbocycles. The van der Waals surface area contributed by atoms with Crippen LogP contribution in [0.5, 0.6) is 0 Å². The number of hydrogen-bond acceptors (Lipinski definition) is 5. The second kappa shape index (κ2) is 3.18. The molecule has 0 radical (unpaired) electrons. The first kappa shape index (κ1) is 9.73. The topological polar surface area (TPSA) is 104 Å². The van der Waals surface area contributed by atoms with E-state index in [0.717, 1.165) is 5.56 Å². The van der Waals surface area contributed by atoms with Gasteiger partial charge in [0, 0.05) is 17.3 Å². The van der Waals surface area contributed by atoms with Crippen molar-refractivity contribution >= 4 is 11.8 Å². The molecule has 72 valence electrons. The van der Waals surface area contributed by atoms with Crippen LogP contribution in [-0.2, 0) is 6.42 Å². The van der Waals surface area contributed by atoms with Gasteiger partial charge in [0.25, 0.3) is 0 Å². The predicted molar refractivity (Wildman–Crippen MR) is 52.8 cm³/mol. The highest BCUT2D eigenvalue weighted by atomic mass is 15.0. The zero-order valence-corrected chi connectivity index (χ0v) is 7.91. The lowest BCUT2D eigenvalue weighted by atomic mass is 9.98. The van der Waals surface area contributed by atoms with Crippen molar-refractivity contribution in [3.63, 3.8) is 0 Å². The molecule has 1 aromatic heterocycles. The van der Waals surface area contributed by atoms with E-state index >= 15 is 0 Å². The maximum Gasteiger partial charge on any atom is 0.221 e. The van der Waals surface area contributed by atoms with E-state index in [0.29, 0.717) is 12.2 Å². The van der Waals surface area contributed by atoms with Crippen molar-refractivity contribution in [3.8, 4) is 0 Å². The summed E-state index contributed by atoms with van der Waals surface area (Å²) in [5.74, 6) is 0.599. The molecule has 0 spiro atoms. The highest BCUT2D eigenvalue weighted by Gasteiger charge is 2.14. The van der Waals surface area contributed by atoms with Gasteiger partial charge in [-0.2, -0.15) is 4.98 Å². The maximum atomic E-state index is 5.83. The van der Waals surface area contributed by atoms with Gasteiger partial charge in [-0.25, -0.2) is 4.98 Å². The summed E-state index contributed by atoms with van der Waals surface area (Å²) in [4.78, 5) is 7.70. The Morgan fingerprint density at radius 1 is 1.38 bits per heavy atom. The fraction of sp³-hybridized carbons (Fsp3) is 0.500. The Morgan fingerprint density at radius 3 is 2.46 bits per heavy atom. The molecule has 0 atom stereocenters. The second-order valence-corrected chi connectivity index (χ2v) is 3.80. The normalized spacial score (nSPS) is 11.6. The van der Waals surface area contributed by atoms with Crippen molar-refractivity contribution in [2.45, 2.75) is 25.8 Å². The molecule has 13 heavy (non-hydrogen) atoms. The van der Waals surface area contributed by atoms with Gasteiger partial charge in [-0.1, -0.05) is 0 Å². The number of rotatable bonds is 2. The SMILES string of the molecule is CC(C)(N)Cc1cnc(N)nc1N. The first-order chi connectivity index (χ1) is 5.88. The summed E-state index contributed by atoms with van der Waals surface area (Å²) in [5.41, 5.74) is 17.4. The number of hydrogen-bond donors (Lipinski definition) is 3. The van der Waals surface area contributed by atoms with Crippen LogP contribution in [-0.4, -0.2) is 15.5 Å². The van der Waals surface area contributed by atoms with Gasteiger partial charge in [0.05, 0.1) is 0 Å². The minimum Gasteiger partial charge on any atom is -0.383 e. The zero-order valence-electron chi connectivity index (χ0n) is 7.91. The molecule has 0 aliphatic rings. The molecule has 0 aliphatic carbocycles. The van der Waals surface area contributed by atoms with E-state index in [2.05, 4.69) is 9.97 Å². The van der Waals surface area contributed by atoms with Crippen LogP contribution in [0.2, 0.25) is 0 Å². The zero-order chi connectivity index (χ0) is 10.1. The maximum absolute atomic E-state index is 5.83. The van der Waals surface area contributed by atoms with Crippen LogP contribution in [0.15, 0.2) is 6.20 Å². The lowest BCUT2D eigenvalue weighted by Gasteiger charge is -2.18. The molecule has 0 aliphatic heterocycles. The molecule has 6 N–H and O–H groups in total. The Morgan fingerprint density at radius 2 is 2.00 bits per heavy atom. The standard InChI is InChI=1S/C8H15N5/c1-8(2,11)3-5-4-12-7(10)13-6(5)9/h4H,3,11H2,1-2H3,(H4,9,10,12,13). The number of aromatic nitrogens is 2. The van der Waals surface area contributed by atoms with Gasteiger partial charge >= 0.3 is 0 Å². The number of anilines is 2. The molecular weight excluding hydrogens is 166 g/mol. The average Bonchev–Trinajstić information content (AvgIpc) is 1.93. The van der Waals surface area contributed by atoms with E-state index < -0.39 is 0 Å². The Bertz CT molecular complexity index is 302. The van der Waals surface area contributed by atoms with Gasteiger partial charge in [0.2, 0.25) is 5.95 Å². The van der Waals surface area contributed by atoms with Gasteiger partial charge in [-0.15, -0.1) is 0 Å².